The molecule has 1 aromatic rings. The molecule has 0 saturated carbocycles. The molecular formula is C15H27N3O. The van der Waals surface area contributed by atoms with E-state index in [4.69, 9.17) is 4.74 Å². The Morgan fingerprint density at radius 2 is 2.21 bits per heavy atom. The molecule has 1 saturated heterocycles. The topological polar surface area (TPSA) is 39.1 Å². The molecule has 0 aliphatic carbocycles. The lowest BCUT2D eigenvalue weighted by Gasteiger charge is -2.35. The molecule has 0 amide bonds. The Balaban J connectivity index is 1.87. The van der Waals surface area contributed by atoms with Crippen LogP contribution in [0.1, 0.15) is 53.0 Å². The maximum Gasteiger partial charge on any atom is 0.0641 e. The molecule has 1 aromatic heterocycles. The third-order valence-electron chi connectivity index (χ3n) is 3.62. The molecule has 1 unspecified atom stereocenters. The van der Waals surface area contributed by atoms with E-state index in [9.17, 15) is 0 Å². The smallest absolute Gasteiger partial charge is 0.0641 e. The SMILES string of the molecule is CC1(C)CC(NCc2cnn(C(C)(C)C)c2)CCO1. The van der Waals surface area contributed by atoms with Gasteiger partial charge in [-0.3, -0.25) is 4.68 Å². The van der Waals surface area contributed by atoms with Gasteiger partial charge >= 0.3 is 0 Å². The van der Waals surface area contributed by atoms with Crippen molar-refractivity contribution >= 4 is 0 Å². The van der Waals surface area contributed by atoms with Crippen LogP contribution in [0.4, 0.5) is 0 Å². The summed E-state index contributed by atoms with van der Waals surface area (Å²) in [4.78, 5) is 0. The number of nitrogens with one attached hydrogen (secondary N) is 1. The van der Waals surface area contributed by atoms with Gasteiger partial charge in [-0.25, -0.2) is 0 Å². The standard InChI is InChI=1S/C15H27N3O/c1-14(2,3)18-11-12(10-17-18)9-16-13-6-7-19-15(4,5)8-13/h10-11,13,16H,6-9H2,1-5H3. The summed E-state index contributed by atoms with van der Waals surface area (Å²) in [5.41, 5.74) is 1.31. The summed E-state index contributed by atoms with van der Waals surface area (Å²) in [6.07, 6.45) is 6.26. The zero-order valence-electron chi connectivity index (χ0n) is 12.9. The van der Waals surface area contributed by atoms with E-state index in [0.717, 1.165) is 26.0 Å². The van der Waals surface area contributed by atoms with Crippen molar-refractivity contribution in [2.75, 3.05) is 6.61 Å². The van der Waals surface area contributed by atoms with Crippen LogP contribution in [0.25, 0.3) is 0 Å². The highest BCUT2D eigenvalue weighted by atomic mass is 16.5. The Kier molecular flexibility index (Phi) is 4.02. The maximum absolute atomic E-state index is 5.74. The minimum atomic E-state index is 0.00546. The minimum absolute atomic E-state index is 0.00546. The fourth-order valence-corrected chi connectivity index (χ4v) is 2.49. The van der Waals surface area contributed by atoms with Gasteiger partial charge in [-0.2, -0.15) is 5.10 Å². The van der Waals surface area contributed by atoms with Gasteiger partial charge in [-0.1, -0.05) is 0 Å². The van der Waals surface area contributed by atoms with Crippen molar-refractivity contribution in [2.45, 2.75) is 71.2 Å². The molecule has 2 rings (SSSR count). The van der Waals surface area contributed by atoms with Gasteiger partial charge in [0.15, 0.2) is 0 Å². The van der Waals surface area contributed by atoms with Gasteiger partial charge in [-0.15, -0.1) is 0 Å². The fraction of sp³-hybridized carbons (Fsp3) is 0.800. The van der Waals surface area contributed by atoms with Gasteiger partial charge in [0.1, 0.15) is 0 Å². The van der Waals surface area contributed by atoms with Gasteiger partial charge in [0, 0.05) is 31.0 Å². The monoisotopic (exact) mass is 265 g/mol. The van der Waals surface area contributed by atoms with E-state index in [-0.39, 0.29) is 11.1 Å². The molecule has 19 heavy (non-hydrogen) atoms. The molecule has 1 atom stereocenters. The summed E-state index contributed by atoms with van der Waals surface area (Å²) in [6.45, 7) is 12.6. The highest BCUT2D eigenvalue weighted by Crippen LogP contribution is 2.24. The summed E-state index contributed by atoms with van der Waals surface area (Å²) < 4.78 is 7.77. The van der Waals surface area contributed by atoms with Gasteiger partial charge in [0.25, 0.3) is 0 Å². The van der Waals surface area contributed by atoms with E-state index in [1.165, 1.54) is 5.56 Å². The van der Waals surface area contributed by atoms with E-state index in [1.807, 2.05) is 10.9 Å². The van der Waals surface area contributed by atoms with Crippen LogP contribution in [0.5, 0.6) is 0 Å². The lowest BCUT2D eigenvalue weighted by Crippen LogP contribution is -2.43. The number of nitrogens with zero attached hydrogens (tertiary/aromatic N) is 2. The molecule has 1 aliphatic heterocycles. The normalized spacial score (nSPS) is 23.5. The van der Waals surface area contributed by atoms with Crippen molar-refractivity contribution in [2.24, 2.45) is 0 Å². The third kappa shape index (κ3) is 4.05. The summed E-state index contributed by atoms with van der Waals surface area (Å²) in [7, 11) is 0. The van der Waals surface area contributed by atoms with Crippen LogP contribution >= 0.6 is 0 Å². The van der Waals surface area contributed by atoms with E-state index in [1.54, 1.807) is 0 Å². The Hall–Kier alpha value is -0.870. The second kappa shape index (κ2) is 5.25. The maximum atomic E-state index is 5.74. The van der Waals surface area contributed by atoms with E-state index >= 15 is 0 Å². The van der Waals surface area contributed by atoms with Crippen molar-refractivity contribution in [1.29, 1.82) is 0 Å². The molecule has 2 heterocycles. The Bertz CT molecular complexity index is 417. The molecule has 1 fully saturated rings. The Labute approximate surface area is 116 Å². The first-order valence-corrected chi connectivity index (χ1v) is 7.18. The van der Waals surface area contributed by atoms with Gasteiger partial charge in [0.2, 0.25) is 0 Å². The minimum Gasteiger partial charge on any atom is -0.375 e. The molecule has 0 radical (unpaired) electrons. The zero-order valence-corrected chi connectivity index (χ0v) is 12.9. The first kappa shape index (κ1) is 14.5. The van der Waals surface area contributed by atoms with Gasteiger partial charge in [-0.05, 0) is 47.5 Å². The predicted octanol–water partition coefficient (Wildman–Crippen LogP) is 2.69. The first-order valence-electron chi connectivity index (χ1n) is 7.18. The van der Waals surface area contributed by atoms with Gasteiger partial charge in [0.05, 0.1) is 17.3 Å². The van der Waals surface area contributed by atoms with Crippen LogP contribution < -0.4 is 5.32 Å². The number of rotatable bonds is 3. The Morgan fingerprint density at radius 1 is 1.47 bits per heavy atom. The second-order valence-corrected chi connectivity index (χ2v) is 7.14. The molecule has 4 heteroatoms. The number of aromatic nitrogens is 2. The predicted molar refractivity (Wildman–Crippen MR) is 77.1 cm³/mol. The summed E-state index contributed by atoms with van der Waals surface area (Å²) >= 11 is 0. The van der Waals surface area contributed by atoms with Crippen LogP contribution in [0, 0.1) is 0 Å². The largest absolute Gasteiger partial charge is 0.375 e. The lowest BCUT2D eigenvalue weighted by molar-refractivity contribution is -0.0630. The lowest BCUT2D eigenvalue weighted by atomic mass is 9.94. The molecule has 1 aliphatic rings. The van der Waals surface area contributed by atoms with Crippen LogP contribution in [0.15, 0.2) is 12.4 Å². The van der Waals surface area contributed by atoms with Crippen LogP contribution in [0.2, 0.25) is 0 Å². The zero-order chi connectivity index (χ0) is 14.1. The molecule has 0 aromatic carbocycles. The fourth-order valence-electron chi connectivity index (χ4n) is 2.49. The van der Waals surface area contributed by atoms with E-state index in [0.29, 0.717) is 6.04 Å². The van der Waals surface area contributed by atoms with Crippen LogP contribution in [0.3, 0.4) is 0 Å². The molecule has 0 spiro atoms. The van der Waals surface area contributed by atoms with Crippen LogP contribution in [-0.2, 0) is 16.8 Å². The number of ether oxygens (including phenoxy) is 1. The molecule has 0 bridgehead atoms. The first-order chi connectivity index (χ1) is 8.76. The van der Waals surface area contributed by atoms with Crippen molar-refractivity contribution in [3.8, 4) is 0 Å². The molecular weight excluding hydrogens is 238 g/mol. The number of hydrogen-bond donors (Lipinski definition) is 1. The summed E-state index contributed by atoms with van der Waals surface area (Å²) in [6, 6.07) is 0.543. The molecule has 108 valence electrons. The molecule has 1 N–H and O–H groups in total. The number of hydrogen-bond acceptors (Lipinski definition) is 3. The summed E-state index contributed by atoms with van der Waals surface area (Å²) in [5, 5.41) is 8.06. The average Bonchev–Trinajstić information content (AvgIpc) is 2.73. The van der Waals surface area contributed by atoms with E-state index < -0.39 is 0 Å². The van der Waals surface area contributed by atoms with Crippen molar-refractivity contribution in [3.05, 3.63) is 18.0 Å². The van der Waals surface area contributed by atoms with Crippen molar-refractivity contribution in [3.63, 3.8) is 0 Å². The quantitative estimate of drug-likeness (QED) is 0.913. The third-order valence-corrected chi connectivity index (χ3v) is 3.62. The highest BCUT2D eigenvalue weighted by molar-refractivity contribution is 5.05. The van der Waals surface area contributed by atoms with Crippen molar-refractivity contribution < 1.29 is 4.74 Å². The van der Waals surface area contributed by atoms with Gasteiger partial charge < -0.3 is 10.1 Å². The van der Waals surface area contributed by atoms with Crippen LogP contribution in [-0.4, -0.2) is 28.0 Å². The van der Waals surface area contributed by atoms with E-state index in [2.05, 4.69) is 51.2 Å². The molecule has 4 nitrogen and oxygen atoms in total. The average molecular weight is 265 g/mol. The highest BCUT2D eigenvalue weighted by Gasteiger charge is 2.28. The summed E-state index contributed by atoms with van der Waals surface area (Å²) in [5.74, 6) is 0. The Morgan fingerprint density at radius 3 is 2.79 bits per heavy atom. The second-order valence-electron chi connectivity index (χ2n) is 7.14. The van der Waals surface area contributed by atoms with Crippen molar-refractivity contribution in [1.82, 2.24) is 15.1 Å².